The van der Waals surface area contributed by atoms with Crippen LogP contribution < -0.4 is 4.74 Å². The number of thiophene rings is 1. The maximum absolute atomic E-state index is 5.56. The summed E-state index contributed by atoms with van der Waals surface area (Å²) in [6.45, 7) is 1.97. The quantitative estimate of drug-likeness (QED) is 0.711. The summed E-state index contributed by atoms with van der Waals surface area (Å²) in [7, 11) is 0. The number of hydrogen-bond donors (Lipinski definition) is 0. The highest BCUT2D eigenvalue weighted by Gasteiger charge is 1.96. The lowest BCUT2D eigenvalue weighted by molar-refractivity contribution is 0.103. The van der Waals surface area contributed by atoms with Gasteiger partial charge in [0.25, 0.3) is 0 Å². The van der Waals surface area contributed by atoms with Crippen LogP contribution in [-0.4, -0.2) is 19.8 Å². The van der Waals surface area contributed by atoms with Crippen molar-refractivity contribution in [2.75, 3.05) is 19.8 Å². The topological polar surface area (TPSA) is 18.5 Å². The molecule has 0 aliphatic rings. The standard InChI is InChI=1S/C14H15BrO2S/c15-12-3-5-13(6-4-12)17-10-9-16-8-7-14-2-1-11-18-14/h1-6,11H,7-10H2. The monoisotopic (exact) mass is 326 g/mol. The van der Waals surface area contributed by atoms with Crippen LogP contribution in [0.3, 0.4) is 0 Å². The Bertz CT molecular complexity index is 439. The normalized spacial score (nSPS) is 10.5. The summed E-state index contributed by atoms with van der Waals surface area (Å²) in [4.78, 5) is 1.36. The van der Waals surface area contributed by atoms with Crippen molar-refractivity contribution in [3.63, 3.8) is 0 Å². The van der Waals surface area contributed by atoms with Crippen molar-refractivity contribution in [3.05, 3.63) is 51.1 Å². The van der Waals surface area contributed by atoms with E-state index in [1.54, 1.807) is 11.3 Å². The van der Waals surface area contributed by atoms with Gasteiger partial charge in [0.2, 0.25) is 0 Å². The third-order valence-corrected chi connectivity index (χ3v) is 3.85. The summed E-state index contributed by atoms with van der Waals surface area (Å²) in [5, 5.41) is 2.09. The van der Waals surface area contributed by atoms with Crippen molar-refractivity contribution in [1.82, 2.24) is 0 Å². The third-order valence-electron chi connectivity index (χ3n) is 2.38. The van der Waals surface area contributed by atoms with Gasteiger partial charge in [-0.25, -0.2) is 0 Å². The second-order valence-corrected chi connectivity index (χ2v) is 5.69. The zero-order valence-electron chi connectivity index (χ0n) is 9.97. The first kappa shape index (κ1) is 13.6. The molecule has 2 rings (SSSR count). The lowest BCUT2D eigenvalue weighted by Gasteiger charge is -2.06. The molecule has 0 spiro atoms. The van der Waals surface area contributed by atoms with E-state index < -0.39 is 0 Å². The maximum atomic E-state index is 5.56. The summed E-state index contributed by atoms with van der Waals surface area (Å²) in [5.41, 5.74) is 0. The Morgan fingerprint density at radius 2 is 1.83 bits per heavy atom. The first-order valence-electron chi connectivity index (χ1n) is 5.83. The molecule has 18 heavy (non-hydrogen) atoms. The van der Waals surface area contributed by atoms with Gasteiger partial charge in [-0.2, -0.15) is 0 Å². The number of rotatable bonds is 7. The first-order valence-corrected chi connectivity index (χ1v) is 7.50. The highest BCUT2D eigenvalue weighted by Crippen LogP contribution is 2.15. The molecule has 96 valence electrons. The van der Waals surface area contributed by atoms with Crippen molar-refractivity contribution >= 4 is 27.3 Å². The zero-order valence-corrected chi connectivity index (χ0v) is 12.4. The summed E-state index contributed by atoms with van der Waals surface area (Å²) in [5.74, 6) is 0.875. The smallest absolute Gasteiger partial charge is 0.119 e. The van der Waals surface area contributed by atoms with Crippen molar-refractivity contribution in [3.8, 4) is 5.75 Å². The molecule has 1 aromatic carbocycles. The van der Waals surface area contributed by atoms with Crippen molar-refractivity contribution in [2.24, 2.45) is 0 Å². The lowest BCUT2D eigenvalue weighted by atomic mass is 10.3. The average molecular weight is 327 g/mol. The highest BCUT2D eigenvalue weighted by atomic mass is 79.9. The fraction of sp³-hybridized carbons (Fsp3) is 0.286. The van der Waals surface area contributed by atoms with E-state index in [2.05, 4.69) is 33.4 Å². The van der Waals surface area contributed by atoms with Crippen LogP contribution in [0, 0.1) is 0 Å². The minimum atomic E-state index is 0.589. The van der Waals surface area contributed by atoms with Gasteiger partial charge in [0.05, 0.1) is 13.2 Å². The van der Waals surface area contributed by atoms with E-state index in [1.165, 1.54) is 4.88 Å². The van der Waals surface area contributed by atoms with E-state index in [4.69, 9.17) is 9.47 Å². The van der Waals surface area contributed by atoms with E-state index in [9.17, 15) is 0 Å². The van der Waals surface area contributed by atoms with Crippen LogP contribution in [0.1, 0.15) is 4.88 Å². The first-order chi connectivity index (χ1) is 8.84. The summed E-state index contributed by atoms with van der Waals surface area (Å²) < 4.78 is 12.1. The van der Waals surface area contributed by atoms with Gasteiger partial charge in [-0.15, -0.1) is 11.3 Å². The molecule has 0 bridgehead atoms. The third kappa shape index (κ3) is 4.80. The van der Waals surface area contributed by atoms with Crippen LogP contribution >= 0.6 is 27.3 Å². The van der Waals surface area contributed by atoms with Crippen LogP contribution in [0.5, 0.6) is 5.75 Å². The van der Waals surface area contributed by atoms with E-state index in [1.807, 2.05) is 24.3 Å². The fourth-order valence-electron chi connectivity index (χ4n) is 1.48. The molecule has 0 amide bonds. The number of benzene rings is 1. The Kier molecular flexibility index (Phi) is 5.71. The fourth-order valence-corrected chi connectivity index (χ4v) is 2.43. The van der Waals surface area contributed by atoms with Gasteiger partial charge in [-0.3, -0.25) is 0 Å². The Morgan fingerprint density at radius 3 is 2.56 bits per heavy atom. The molecule has 2 aromatic rings. The zero-order chi connectivity index (χ0) is 12.6. The summed E-state index contributed by atoms with van der Waals surface area (Å²) >= 11 is 5.16. The number of hydrogen-bond acceptors (Lipinski definition) is 3. The molecule has 1 aromatic heterocycles. The molecule has 0 fully saturated rings. The molecular weight excluding hydrogens is 312 g/mol. The summed E-state index contributed by atoms with van der Waals surface area (Å²) in [6.07, 6.45) is 0.982. The number of halogens is 1. The Morgan fingerprint density at radius 1 is 1.00 bits per heavy atom. The minimum absolute atomic E-state index is 0.589. The van der Waals surface area contributed by atoms with Crippen LogP contribution in [0.15, 0.2) is 46.3 Å². The van der Waals surface area contributed by atoms with Gasteiger partial charge in [-0.1, -0.05) is 22.0 Å². The van der Waals surface area contributed by atoms with E-state index in [0.29, 0.717) is 13.2 Å². The molecule has 2 nitrogen and oxygen atoms in total. The Labute approximate surface area is 120 Å². The molecule has 0 aliphatic carbocycles. The molecule has 0 atom stereocenters. The van der Waals surface area contributed by atoms with Crippen LogP contribution in [0.4, 0.5) is 0 Å². The second kappa shape index (κ2) is 7.56. The molecule has 4 heteroatoms. The van der Waals surface area contributed by atoms with Crippen molar-refractivity contribution in [2.45, 2.75) is 6.42 Å². The highest BCUT2D eigenvalue weighted by molar-refractivity contribution is 9.10. The van der Waals surface area contributed by atoms with E-state index in [0.717, 1.165) is 23.2 Å². The molecule has 0 radical (unpaired) electrons. The SMILES string of the molecule is Brc1ccc(OCCOCCc2cccs2)cc1. The number of ether oxygens (including phenoxy) is 2. The molecule has 0 saturated heterocycles. The maximum Gasteiger partial charge on any atom is 0.119 e. The van der Waals surface area contributed by atoms with Gasteiger partial charge < -0.3 is 9.47 Å². The Hall–Kier alpha value is -0.840. The van der Waals surface area contributed by atoms with Crippen LogP contribution in [-0.2, 0) is 11.2 Å². The second-order valence-electron chi connectivity index (χ2n) is 3.74. The molecule has 0 unspecified atom stereocenters. The average Bonchev–Trinajstić information content (AvgIpc) is 2.89. The minimum Gasteiger partial charge on any atom is -0.491 e. The molecule has 1 heterocycles. The van der Waals surface area contributed by atoms with Crippen molar-refractivity contribution in [1.29, 1.82) is 0 Å². The molecule has 0 saturated carbocycles. The van der Waals surface area contributed by atoms with Crippen molar-refractivity contribution < 1.29 is 9.47 Å². The van der Waals surface area contributed by atoms with Gasteiger partial charge in [-0.05, 0) is 35.7 Å². The largest absolute Gasteiger partial charge is 0.491 e. The predicted octanol–water partition coefficient (Wildman–Crippen LogP) is 4.15. The predicted molar refractivity (Wildman–Crippen MR) is 78.5 cm³/mol. The van der Waals surface area contributed by atoms with Crippen LogP contribution in [0.25, 0.3) is 0 Å². The summed E-state index contributed by atoms with van der Waals surface area (Å²) in [6, 6.07) is 12.0. The van der Waals surface area contributed by atoms with Gasteiger partial charge in [0.15, 0.2) is 0 Å². The molecule has 0 N–H and O–H groups in total. The van der Waals surface area contributed by atoms with Gasteiger partial charge >= 0.3 is 0 Å². The van der Waals surface area contributed by atoms with E-state index >= 15 is 0 Å². The van der Waals surface area contributed by atoms with Crippen LogP contribution in [0.2, 0.25) is 0 Å². The lowest BCUT2D eigenvalue weighted by Crippen LogP contribution is -2.08. The van der Waals surface area contributed by atoms with E-state index in [-0.39, 0.29) is 0 Å². The molecule has 0 aliphatic heterocycles. The molecular formula is C14H15BrO2S. The van der Waals surface area contributed by atoms with Gasteiger partial charge in [0.1, 0.15) is 12.4 Å². The Balaban J connectivity index is 1.55. The van der Waals surface area contributed by atoms with Gasteiger partial charge in [0, 0.05) is 15.8 Å².